The van der Waals surface area contributed by atoms with E-state index in [1.807, 2.05) is 0 Å². The maximum atomic E-state index is 12.9. The molecule has 0 fully saturated rings. The highest BCUT2D eigenvalue weighted by atomic mass is 16.5. The third-order valence-electron chi connectivity index (χ3n) is 3.94. The number of phenolic OH excluding ortho intramolecular Hbond substituents is 2. The van der Waals surface area contributed by atoms with Gasteiger partial charge in [0.15, 0.2) is 0 Å². The molecule has 3 rings (SSSR count). The Morgan fingerprint density at radius 1 is 1.00 bits per heavy atom. The summed E-state index contributed by atoms with van der Waals surface area (Å²) in [6, 6.07) is 5.96. The fourth-order valence-electron chi connectivity index (χ4n) is 2.64. The molecular weight excluding hydrogens is 312 g/mol. The Hall–Kier alpha value is -3.15. The normalized spacial score (nSPS) is 10.8. The zero-order valence-electron chi connectivity index (χ0n) is 13.4. The molecule has 3 aromatic rings. The van der Waals surface area contributed by atoms with Crippen molar-refractivity contribution in [2.24, 2.45) is 0 Å². The molecule has 6 nitrogen and oxygen atoms in total. The van der Waals surface area contributed by atoms with Crippen molar-refractivity contribution in [3.63, 3.8) is 0 Å². The lowest BCUT2D eigenvalue weighted by atomic mass is 10.0. The first-order chi connectivity index (χ1) is 11.5. The molecule has 0 atom stereocenters. The Labute approximate surface area is 137 Å². The number of benzene rings is 2. The van der Waals surface area contributed by atoms with Gasteiger partial charge in [-0.15, -0.1) is 0 Å². The van der Waals surface area contributed by atoms with E-state index in [9.17, 15) is 15.0 Å². The van der Waals surface area contributed by atoms with Crippen LogP contribution in [0, 0.1) is 6.92 Å². The molecule has 0 amide bonds. The van der Waals surface area contributed by atoms with Crippen LogP contribution in [-0.4, -0.2) is 24.4 Å². The summed E-state index contributed by atoms with van der Waals surface area (Å²) in [7, 11) is 2.91. The van der Waals surface area contributed by atoms with Gasteiger partial charge < -0.3 is 24.1 Å². The van der Waals surface area contributed by atoms with Gasteiger partial charge in [-0.3, -0.25) is 4.79 Å². The standard InChI is InChI=1S/C18H16O6/c1-9-13(22-2)7-15-16(17(9)20)18(21)12(8-24-15)11-5-4-10(19)6-14(11)23-3/h4-8,19-20H,1-3H3. The average Bonchev–Trinajstić information content (AvgIpc) is 2.58. The maximum Gasteiger partial charge on any atom is 0.204 e. The van der Waals surface area contributed by atoms with Crippen molar-refractivity contribution in [3.05, 3.63) is 46.3 Å². The molecule has 0 saturated carbocycles. The van der Waals surface area contributed by atoms with Crippen LogP contribution >= 0.6 is 0 Å². The average molecular weight is 328 g/mol. The summed E-state index contributed by atoms with van der Waals surface area (Å²) < 4.78 is 15.9. The van der Waals surface area contributed by atoms with E-state index in [0.29, 0.717) is 22.6 Å². The Balaban J connectivity index is 2.35. The van der Waals surface area contributed by atoms with E-state index in [4.69, 9.17) is 13.9 Å². The van der Waals surface area contributed by atoms with Crippen molar-refractivity contribution in [2.45, 2.75) is 6.92 Å². The van der Waals surface area contributed by atoms with Crippen LogP contribution in [0.15, 0.2) is 39.7 Å². The SMILES string of the molecule is COc1cc(O)ccc1-c1coc2cc(OC)c(C)c(O)c2c1=O. The summed E-state index contributed by atoms with van der Waals surface area (Å²) in [5, 5.41) is 20.0. The number of ether oxygens (including phenoxy) is 2. The fourth-order valence-corrected chi connectivity index (χ4v) is 2.64. The predicted octanol–water partition coefficient (Wildman–Crippen LogP) is 3.20. The summed E-state index contributed by atoms with van der Waals surface area (Å²) in [6.45, 7) is 1.65. The minimum Gasteiger partial charge on any atom is -0.508 e. The van der Waals surface area contributed by atoms with Gasteiger partial charge in [-0.05, 0) is 19.1 Å². The summed E-state index contributed by atoms with van der Waals surface area (Å²) in [6.07, 6.45) is 1.30. The van der Waals surface area contributed by atoms with Crippen LogP contribution in [0.3, 0.4) is 0 Å². The molecule has 24 heavy (non-hydrogen) atoms. The van der Waals surface area contributed by atoms with Crippen molar-refractivity contribution < 1.29 is 24.1 Å². The van der Waals surface area contributed by atoms with Crippen molar-refractivity contribution >= 4 is 11.0 Å². The molecule has 1 aromatic heterocycles. The highest BCUT2D eigenvalue weighted by Gasteiger charge is 2.19. The second-order valence-electron chi connectivity index (χ2n) is 5.29. The smallest absolute Gasteiger partial charge is 0.204 e. The minimum atomic E-state index is -0.400. The Kier molecular flexibility index (Phi) is 3.81. The van der Waals surface area contributed by atoms with Gasteiger partial charge in [0.2, 0.25) is 5.43 Å². The van der Waals surface area contributed by atoms with Gasteiger partial charge in [-0.1, -0.05) is 0 Å². The Morgan fingerprint density at radius 3 is 2.38 bits per heavy atom. The van der Waals surface area contributed by atoms with Gasteiger partial charge in [-0.25, -0.2) is 0 Å². The van der Waals surface area contributed by atoms with E-state index in [0.717, 1.165) is 0 Å². The van der Waals surface area contributed by atoms with Crippen LogP contribution < -0.4 is 14.9 Å². The van der Waals surface area contributed by atoms with Crippen LogP contribution in [0.5, 0.6) is 23.0 Å². The van der Waals surface area contributed by atoms with Gasteiger partial charge in [0.05, 0.1) is 19.8 Å². The first-order valence-electron chi connectivity index (χ1n) is 7.17. The fraction of sp³-hybridized carbons (Fsp3) is 0.167. The van der Waals surface area contributed by atoms with Crippen LogP contribution in [0.4, 0.5) is 0 Å². The summed E-state index contributed by atoms with van der Waals surface area (Å²) >= 11 is 0. The predicted molar refractivity (Wildman–Crippen MR) is 89.1 cm³/mol. The van der Waals surface area contributed by atoms with E-state index in [1.165, 1.54) is 32.6 Å². The molecule has 124 valence electrons. The van der Waals surface area contributed by atoms with E-state index in [-0.39, 0.29) is 28.0 Å². The number of aromatic hydroxyl groups is 2. The van der Waals surface area contributed by atoms with Crippen molar-refractivity contribution in [3.8, 4) is 34.1 Å². The highest BCUT2D eigenvalue weighted by Crippen LogP contribution is 2.37. The lowest BCUT2D eigenvalue weighted by Crippen LogP contribution is -2.07. The van der Waals surface area contributed by atoms with E-state index in [1.54, 1.807) is 19.1 Å². The molecule has 0 radical (unpaired) electrons. The summed E-state index contributed by atoms with van der Waals surface area (Å²) in [5.41, 5.74) is 0.954. The van der Waals surface area contributed by atoms with E-state index >= 15 is 0 Å². The molecule has 0 aliphatic rings. The van der Waals surface area contributed by atoms with Crippen LogP contribution in [-0.2, 0) is 0 Å². The van der Waals surface area contributed by atoms with Gasteiger partial charge in [0.1, 0.15) is 40.2 Å². The van der Waals surface area contributed by atoms with Gasteiger partial charge in [0, 0.05) is 23.3 Å². The van der Waals surface area contributed by atoms with Gasteiger partial charge >= 0.3 is 0 Å². The molecule has 0 spiro atoms. The highest BCUT2D eigenvalue weighted by molar-refractivity contribution is 5.90. The monoisotopic (exact) mass is 328 g/mol. The second kappa shape index (κ2) is 5.81. The lowest BCUT2D eigenvalue weighted by molar-refractivity contribution is 0.403. The number of phenols is 2. The molecule has 6 heteroatoms. The van der Waals surface area contributed by atoms with Gasteiger partial charge in [-0.2, -0.15) is 0 Å². The van der Waals surface area contributed by atoms with Crippen molar-refractivity contribution in [2.75, 3.05) is 14.2 Å². The number of rotatable bonds is 3. The molecule has 0 bridgehead atoms. The van der Waals surface area contributed by atoms with Crippen LogP contribution in [0.2, 0.25) is 0 Å². The number of fused-ring (bicyclic) bond motifs is 1. The lowest BCUT2D eigenvalue weighted by Gasteiger charge is -2.11. The molecule has 0 unspecified atom stereocenters. The summed E-state index contributed by atoms with van der Waals surface area (Å²) in [4.78, 5) is 12.9. The van der Waals surface area contributed by atoms with Crippen molar-refractivity contribution in [1.82, 2.24) is 0 Å². The number of hydrogen-bond acceptors (Lipinski definition) is 6. The molecular formula is C18H16O6. The zero-order chi connectivity index (χ0) is 17.4. The summed E-state index contributed by atoms with van der Waals surface area (Å²) in [5.74, 6) is 0.589. The second-order valence-corrected chi connectivity index (χ2v) is 5.29. The van der Waals surface area contributed by atoms with E-state index in [2.05, 4.69) is 0 Å². The molecule has 2 N–H and O–H groups in total. The van der Waals surface area contributed by atoms with E-state index < -0.39 is 5.43 Å². The topological polar surface area (TPSA) is 89.1 Å². The first kappa shape index (κ1) is 15.7. The number of hydrogen-bond donors (Lipinski definition) is 2. The van der Waals surface area contributed by atoms with Crippen LogP contribution in [0.25, 0.3) is 22.1 Å². The molecule has 0 aliphatic carbocycles. The Morgan fingerprint density at radius 2 is 1.71 bits per heavy atom. The zero-order valence-corrected chi connectivity index (χ0v) is 13.4. The third kappa shape index (κ3) is 2.32. The van der Waals surface area contributed by atoms with Crippen LogP contribution in [0.1, 0.15) is 5.56 Å². The quantitative estimate of drug-likeness (QED) is 0.767. The largest absolute Gasteiger partial charge is 0.508 e. The number of methoxy groups -OCH3 is 2. The first-order valence-corrected chi connectivity index (χ1v) is 7.17. The maximum absolute atomic E-state index is 12.9. The molecule has 1 heterocycles. The third-order valence-corrected chi connectivity index (χ3v) is 3.94. The molecule has 0 saturated heterocycles. The van der Waals surface area contributed by atoms with Gasteiger partial charge in [0.25, 0.3) is 0 Å². The minimum absolute atomic E-state index is 0.0178. The molecule has 0 aliphatic heterocycles. The molecule has 2 aromatic carbocycles. The van der Waals surface area contributed by atoms with Crippen molar-refractivity contribution in [1.29, 1.82) is 0 Å². The Bertz CT molecular complexity index is 987.